The molecule has 1 aliphatic rings. The second-order valence-corrected chi connectivity index (χ2v) is 5.62. The molecular formula is C16H19N3O. The van der Waals surface area contributed by atoms with E-state index in [2.05, 4.69) is 10.3 Å². The molecule has 20 heavy (non-hydrogen) atoms. The minimum absolute atomic E-state index is 0.0446. The van der Waals surface area contributed by atoms with Crippen molar-refractivity contribution in [3.63, 3.8) is 0 Å². The van der Waals surface area contributed by atoms with E-state index in [4.69, 9.17) is 5.73 Å². The van der Waals surface area contributed by atoms with E-state index < -0.39 is 0 Å². The lowest BCUT2D eigenvalue weighted by Gasteiger charge is -2.41. The maximum Gasteiger partial charge on any atom is 0.252 e. The van der Waals surface area contributed by atoms with Gasteiger partial charge in [-0.05, 0) is 38.3 Å². The second kappa shape index (κ2) is 4.87. The Morgan fingerprint density at radius 1 is 1.40 bits per heavy atom. The number of pyridine rings is 1. The van der Waals surface area contributed by atoms with E-state index in [9.17, 15) is 4.79 Å². The Morgan fingerprint density at radius 3 is 2.80 bits per heavy atom. The molecule has 0 bridgehead atoms. The zero-order chi connectivity index (χ0) is 14.2. The number of amides is 1. The first kappa shape index (κ1) is 13.1. The molecule has 0 saturated heterocycles. The number of fused-ring (bicyclic) bond motifs is 1. The Labute approximate surface area is 118 Å². The van der Waals surface area contributed by atoms with E-state index in [1.807, 2.05) is 37.3 Å². The highest BCUT2D eigenvalue weighted by molar-refractivity contribution is 6.06. The molecule has 1 aromatic carbocycles. The number of aryl methyl sites for hydroxylation is 1. The Bertz CT molecular complexity index is 656. The molecule has 0 aliphatic heterocycles. The molecule has 1 fully saturated rings. The summed E-state index contributed by atoms with van der Waals surface area (Å²) in [6.45, 7) is 2.41. The molecule has 1 saturated carbocycles. The van der Waals surface area contributed by atoms with E-state index in [1.165, 1.54) is 0 Å². The molecule has 0 spiro atoms. The molecule has 104 valence electrons. The highest BCUT2D eigenvalue weighted by Gasteiger charge is 2.37. The number of carbonyl (C=O) groups excluding carboxylic acids is 1. The summed E-state index contributed by atoms with van der Waals surface area (Å²) in [4.78, 5) is 17.0. The van der Waals surface area contributed by atoms with Gasteiger partial charge in [-0.2, -0.15) is 0 Å². The molecule has 0 unspecified atom stereocenters. The fourth-order valence-electron chi connectivity index (χ4n) is 2.79. The van der Waals surface area contributed by atoms with Crippen molar-refractivity contribution in [3.8, 4) is 0 Å². The maximum absolute atomic E-state index is 12.6. The highest BCUT2D eigenvalue weighted by atomic mass is 16.1. The average molecular weight is 269 g/mol. The number of nitrogens with zero attached hydrogens (tertiary/aromatic N) is 1. The van der Waals surface area contributed by atoms with Crippen molar-refractivity contribution in [2.24, 2.45) is 5.73 Å². The first-order valence-corrected chi connectivity index (χ1v) is 7.02. The zero-order valence-electron chi connectivity index (χ0n) is 11.6. The van der Waals surface area contributed by atoms with Gasteiger partial charge in [-0.15, -0.1) is 0 Å². The van der Waals surface area contributed by atoms with Gasteiger partial charge in [0, 0.05) is 17.6 Å². The smallest absolute Gasteiger partial charge is 0.252 e. The predicted molar refractivity (Wildman–Crippen MR) is 79.6 cm³/mol. The molecule has 0 radical (unpaired) electrons. The van der Waals surface area contributed by atoms with Crippen LogP contribution in [0, 0.1) is 6.92 Å². The number of aromatic nitrogens is 1. The fourth-order valence-corrected chi connectivity index (χ4v) is 2.79. The number of nitrogens with one attached hydrogen (secondary N) is 1. The standard InChI is InChI=1S/C16H19N3O/c1-11-9-13(12-5-2-3-6-14(12)18-11)15(20)19-16(10-17)7-4-8-16/h2-3,5-6,9H,4,7-8,10,17H2,1H3,(H,19,20). The summed E-state index contributed by atoms with van der Waals surface area (Å²) in [5.41, 5.74) is 8.01. The van der Waals surface area contributed by atoms with Crippen LogP contribution in [0.3, 0.4) is 0 Å². The van der Waals surface area contributed by atoms with Crippen LogP contribution in [0.2, 0.25) is 0 Å². The van der Waals surface area contributed by atoms with Crippen LogP contribution in [0.4, 0.5) is 0 Å². The van der Waals surface area contributed by atoms with Crippen molar-refractivity contribution >= 4 is 16.8 Å². The van der Waals surface area contributed by atoms with Crippen molar-refractivity contribution in [2.45, 2.75) is 31.7 Å². The summed E-state index contributed by atoms with van der Waals surface area (Å²) >= 11 is 0. The van der Waals surface area contributed by atoms with Crippen molar-refractivity contribution in [3.05, 3.63) is 41.6 Å². The van der Waals surface area contributed by atoms with Gasteiger partial charge in [0.15, 0.2) is 0 Å². The predicted octanol–water partition coefficient (Wildman–Crippen LogP) is 2.15. The normalized spacial score (nSPS) is 16.7. The summed E-state index contributed by atoms with van der Waals surface area (Å²) in [7, 11) is 0. The second-order valence-electron chi connectivity index (χ2n) is 5.62. The van der Waals surface area contributed by atoms with Gasteiger partial charge in [0.05, 0.1) is 16.6 Å². The summed E-state index contributed by atoms with van der Waals surface area (Å²) in [5, 5.41) is 4.01. The summed E-state index contributed by atoms with van der Waals surface area (Å²) in [5.74, 6) is -0.0446. The van der Waals surface area contributed by atoms with Gasteiger partial charge in [0.2, 0.25) is 0 Å². The number of hydrogen-bond acceptors (Lipinski definition) is 3. The van der Waals surface area contributed by atoms with Gasteiger partial charge in [-0.1, -0.05) is 18.2 Å². The van der Waals surface area contributed by atoms with E-state index in [0.29, 0.717) is 12.1 Å². The fraction of sp³-hybridized carbons (Fsp3) is 0.375. The average Bonchev–Trinajstić information content (AvgIpc) is 2.41. The number of carbonyl (C=O) groups is 1. The van der Waals surface area contributed by atoms with Gasteiger partial charge < -0.3 is 11.1 Å². The van der Waals surface area contributed by atoms with Crippen molar-refractivity contribution < 1.29 is 4.79 Å². The third-order valence-electron chi connectivity index (χ3n) is 4.17. The highest BCUT2D eigenvalue weighted by Crippen LogP contribution is 2.31. The van der Waals surface area contributed by atoms with E-state index in [1.54, 1.807) is 0 Å². The van der Waals surface area contributed by atoms with Gasteiger partial charge in [-0.3, -0.25) is 9.78 Å². The zero-order valence-corrected chi connectivity index (χ0v) is 11.6. The topological polar surface area (TPSA) is 68.0 Å². The molecule has 4 nitrogen and oxygen atoms in total. The van der Waals surface area contributed by atoms with Crippen LogP contribution in [0.15, 0.2) is 30.3 Å². The van der Waals surface area contributed by atoms with Gasteiger partial charge in [0.1, 0.15) is 0 Å². The minimum atomic E-state index is -0.199. The van der Waals surface area contributed by atoms with E-state index in [0.717, 1.165) is 35.9 Å². The van der Waals surface area contributed by atoms with Crippen molar-refractivity contribution in [1.82, 2.24) is 10.3 Å². The van der Waals surface area contributed by atoms with Gasteiger partial charge >= 0.3 is 0 Å². The van der Waals surface area contributed by atoms with Gasteiger partial charge in [0.25, 0.3) is 5.91 Å². The third kappa shape index (κ3) is 2.16. The third-order valence-corrected chi connectivity index (χ3v) is 4.17. The molecule has 3 rings (SSSR count). The number of para-hydroxylation sites is 1. The Hall–Kier alpha value is -1.94. The number of benzene rings is 1. The van der Waals surface area contributed by atoms with Crippen LogP contribution in [0.25, 0.3) is 10.9 Å². The van der Waals surface area contributed by atoms with Crippen LogP contribution in [-0.2, 0) is 0 Å². The quantitative estimate of drug-likeness (QED) is 0.897. The Balaban J connectivity index is 1.99. The van der Waals surface area contributed by atoms with Crippen molar-refractivity contribution in [2.75, 3.05) is 6.54 Å². The minimum Gasteiger partial charge on any atom is -0.345 e. The van der Waals surface area contributed by atoms with Crippen LogP contribution >= 0.6 is 0 Å². The molecular weight excluding hydrogens is 250 g/mol. The lowest BCUT2D eigenvalue weighted by atomic mass is 9.76. The van der Waals surface area contributed by atoms with E-state index >= 15 is 0 Å². The van der Waals surface area contributed by atoms with Gasteiger partial charge in [-0.25, -0.2) is 0 Å². The molecule has 1 heterocycles. The summed E-state index contributed by atoms with van der Waals surface area (Å²) < 4.78 is 0. The SMILES string of the molecule is Cc1cc(C(=O)NC2(CN)CCC2)c2ccccc2n1. The lowest BCUT2D eigenvalue weighted by molar-refractivity contribution is 0.0839. The Kier molecular flexibility index (Phi) is 3.18. The molecule has 1 aromatic heterocycles. The molecule has 1 aliphatic carbocycles. The van der Waals surface area contributed by atoms with Crippen LogP contribution < -0.4 is 11.1 Å². The summed E-state index contributed by atoms with van der Waals surface area (Å²) in [6, 6.07) is 9.58. The van der Waals surface area contributed by atoms with Crippen LogP contribution in [-0.4, -0.2) is 23.0 Å². The van der Waals surface area contributed by atoms with E-state index in [-0.39, 0.29) is 11.4 Å². The molecule has 1 amide bonds. The largest absolute Gasteiger partial charge is 0.345 e. The summed E-state index contributed by atoms with van der Waals surface area (Å²) in [6.07, 6.45) is 3.07. The van der Waals surface area contributed by atoms with Crippen molar-refractivity contribution in [1.29, 1.82) is 0 Å². The number of hydrogen-bond donors (Lipinski definition) is 2. The Morgan fingerprint density at radius 2 is 2.15 bits per heavy atom. The molecule has 3 N–H and O–H groups in total. The number of rotatable bonds is 3. The molecule has 2 aromatic rings. The first-order chi connectivity index (χ1) is 9.63. The molecule has 4 heteroatoms. The monoisotopic (exact) mass is 269 g/mol. The van der Waals surface area contributed by atoms with Crippen LogP contribution in [0.1, 0.15) is 35.3 Å². The number of nitrogens with two attached hydrogens (primary N) is 1. The first-order valence-electron chi connectivity index (χ1n) is 7.02. The maximum atomic E-state index is 12.6. The van der Waals surface area contributed by atoms with Crippen LogP contribution in [0.5, 0.6) is 0 Å². The molecule has 0 atom stereocenters. The lowest BCUT2D eigenvalue weighted by Crippen LogP contribution is -2.58.